The average Bonchev–Trinajstić information content (AvgIpc) is 3.89. The molecular weight excluding hydrogens is 723 g/mol. The van der Waals surface area contributed by atoms with Crippen LogP contribution in [0.25, 0.3) is 116 Å². The largest absolute Gasteiger partial charge is 0.309 e. The Morgan fingerprint density at radius 1 is 0.317 bits per heavy atom. The lowest BCUT2D eigenvalue weighted by Gasteiger charge is -2.24. The molecule has 1 aromatic heterocycles. The van der Waals surface area contributed by atoms with Crippen LogP contribution in [0.3, 0.4) is 0 Å². The number of para-hydroxylation sites is 2. The highest BCUT2D eigenvalue weighted by atomic mass is 15.0. The smallest absolute Gasteiger partial charge is 0.0541 e. The molecule has 13 rings (SSSR count). The molecule has 0 saturated heterocycles. The first-order valence-electron chi connectivity index (χ1n) is 21.1. The van der Waals surface area contributed by atoms with E-state index in [4.69, 9.17) is 0 Å². The zero-order valence-electron chi connectivity index (χ0n) is 33.5. The molecule has 2 aliphatic rings. The van der Waals surface area contributed by atoms with E-state index in [1.807, 2.05) is 0 Å². The Labute approximate surface area is 349 Å². The predicted octanol–water partition coefficient (Wildman–Crippen LogP) is 16.0. The van der Waals surface area contributed by atoms with E-state index in [9.17, 15) is 0 Å². The van der Waals surface area contributed by atoms with Gasteiger partial charge in [0.05, 0.1) is 11.0 Å². The van der Waals surface area contributed by atoms with Crippen LogP contribution in [0.5, 0.6) is 0 Å². The minimum atomic E-state index is -0.219. The van der Waals surface area contributed by atoms with Crippen molar-refractivity contribution in [2.45, 2.75) is 19.3 Å². The van der Waals surface area contributed by atoms with Crippen molar-refractivity contribution in [3.63, 3.8) is 0 Å². The third-order valence-corrected chi connectivity index (χ3v) is 13.7. The molecule has 0 bridgehead atoms. The molecule has 60 heavy (non-hydrogen) atoms. The molecule has 10 aromatic carbocycles. The fraction of sp³-hybridized carbons (Fsp3) is 0.0508. The first-order chi connectivity index (χ1) is 29.6. The van der Waals surface area contributed by atoms with Crippen molar-refractivity contribution in [3.8, 4) is 72.4 Å². The van der Waals surface area contributed by atoms with E-state index in [1.54, 1.807) is 0 Å². The van der Waals surface area contributed by atoms with Gasteiger partial charge in [-0.05, 0) is 142 Å². The van der Waals surface area contributed by atoms with Gasteiger partial charge < -0.3 is 4.57 Å². The molecule has 1 heterocycles. The van der Waals surface area contributed by atoms with Gasteiger partial charge in [0.25, 0.3) is 0 Å². The van der Waals surface area contributed by atoms with Crippen molar-refractivity contribution in [1.29, 1.82) is 0 Å². The van der Waals surface area contributed by atoms with Gasteiger partial charge in [-0.25, -0.2) is 0 Å². The molecule has 0 atom stereocenters. The van der Waals surface area contributed by atoms with Gasteiger partial charge in [-0.1, -0.05) is 172 Å². The van der Waals surface area contributed by atoms with Gasteiger partial charge in [-0.2, -0.15) is 0 Å². The summed E-state index contributed by atoms with van der Waals surface area (Å²) in [5, 5.41) is 7.83. The Bertz CT molecular complexity index is 3590. The van der Waals surface area contributed by atoms with Crippen molar-refractivity contribution in [3.05, 3.63) is 211 Å². The number of fused-ring (bicyclic) bond motifs is 11. The second kappa shape index (κ2) is 12.3. The quantitative estimate of drug-likeness (QED) is 0.168. The van der Waals surface area contributed by atoms with Gasteiger partial charge in [0.1, 0.15) is 0 Å². The standard InChI is InChI=1S/C59H39N/c1-59(2)49-34-39(38-30-32-52-47(33-38)41-23-14-15-28-51(41)60(52)40-21-10-5-11-22-40)29-31-44(49)56-45-26-16-27-46-55(45)48(35-50(56)59)58-54(37-19-8-4-9-20-37)43-25-13-12-24-42(43)53(57(46)58)36-17-6-3-7-18-36/h3-35H,1-2H3. The second-order valence-electron chi connectivity index (χ2n) is 17.2. The lowest BCUT2D eigenvalue weighted by molar-refractivity contribution is 0.661. The van der Waals surface area contributed by atoms with Crippen LogP contribution in [0.2, 0.25) is 0 Å². The summed E-state index contributed by atoms with van der Waals surface area (Å²) in [5.74, 6) is 0. The molecule has 0 radical (unpaired) electrons. The third-order valence-electron chi connectivity index (χ3n) is 13.7. The first-order valence-corrected chi connectivity index (χ1v) is 21.1. The van der Waals surface area contributed by atoms with Crippen LogP contribution < -0.4 is 0 Å². The Morgan fingerprint density at radius 2 is 0.867 bits per heavy atom. The number of hydrogen-bond acceptors (Lipinski definition) is 0. The number of benzene rings is 10. The van der Waals surface area contributed by atoms with Gasteiger partial charge in [0, 0.05) is 21.9 Å². The lowest BCUT2D eigenvalue weighted by atomic mass is 9.79. The van der Waals surface area contributed by atoms with Crippen molar-refractivity contribution < 1.29 is 0 Å². The number of rotatable bonds is 4. The summed E-state index contributed by atoms with van der Waals surface area (Å²) in [6, 6.07) is 74.6. The maximum Gasteiger partial charge on any atom is 0.0541 e. The zero-order valence-corrected chi connectivity index (χ0v) is 33.5. The molecule has 0 saturated carbocycles. The van der Waals surface area contributed by atoms with Crippen LogP contribution in [0.1, 0.15) is 25.0 Å². The molecule has 0 fully saturated rings. The Morgan fingerprint density at radius 3 is 1.57 bits per heavy atom. The van der Waals surface area contributed by atoms with Gasteiger partial charge in [-0.15, -0.1) is 0 Å². The van der Waals surface area contributed by atoms with E-state index in [-0.39, 0.29) is 5.41 Å². The Kier molecular flexibility index (Phi) is 6.85. The van der Waals surface area contributed by atoms with Gasteiger partial charge in [0.15, 0.2) is 0 Å². The summed E-state index contributed by atoms with van der Waals surface area (Å²) in [7, 11) is 0. The van der Waals surface area contributed by atoms with Crippen molar-refractivity contribution >= 4 is 43.4 Å². The van der Waals surface area contributed by atoms with Crippen LogP contribution in [0.4, 0.5) is 0 Å². The second-order valence-corrected chi connectivity index (χ2v) is 17.2. The van der Waals surface area contributed by atoms with Crippen molar-refractivity contribution in [2.24, 2.45) is 0 Å². The molecule has 0 spiro atoms. The topological polar surface area (TPSA) is 4.93 Å². The fourth-order valence-electron chi connectivity index (χ4n) is 11.1. The summed E-state index contributed by atoms with van der Waals surface area (Å²) < 4.78 is 2.39. The zero-order chi connectivity index (χ0) is 39.7. The van der Waals surface area contributed by atoms with Crippen LogP contribution in [-0.4, -0.2) is 4.57 Å². The fourth-order valence-corrected chi connectivity index (χ4v) is 11.1. The lowest BCUT2D eigenvalue weighted by Crippen LogP contribution is -2.15. The normalized spacial score (nSPS) is 13.3. The molecule has 0 aliphatic heterocycles. The summed E-state index contributed by atoms with van der Waals surface area (Å²) in [4.78, 5) is 0. The Hall–Kier alpha value is -7.48. The molecule has 2 aliphatic carbocycles. The van der Waals surface area contributed by atoms with E-state index in [0.29, 0.717) is 0 Å². The van der Waals surface area contributed by atoms with E-state index in [2.05, 4.69) is 219 Å². The van der Waals surface area contributed by atoms with Crippen LogP contribution in [-0.2, 0) is 5.41 Å². The molecule has 11 aromatic rings. The van der Waals surface area contributed by atoms with Crippen LogP contribution >= 0.6 is 0 Å². The maximum absolute atomic E-state index is 2.58. The molecule has 0 amide bonds. The van der Waals surface area contributed by atoms with E-state index in [0.717, 1.165) is 0 Å². The molecule has 1 heteroatoms. The molecular formula is C59H39N. The van der Waals surface area contributed by atoms with Crippen molar-refractivity contribution in [2.75, 3.05) is 0 Å². The van der Waals surface area contributed by atoms with Crippen molar-refractivity contribution in [1.82, 2.24) is 4.57 Å². The van der Waals surface area contributed by atoms with Gasteiger partial charge >= 0.3 is 0 Å². The number of nitrogens with zero attached hydrogens (tertiary/aromatic N) is 1. The highest BCUT2D eigenvalue weighted by Crippen LogP contribution is 2.62. The van der Waals surface area contributed by atoms with E-state index >= 15 is 0 Å². The predicted molar refractivity (Wildman–Crippen MR) is 254 cm³/mol. The SMILES string of the molecule is CC1(C)c2cc(-c3ccc4c(c3)c3ccccc3n4-c3ccccc3)ccc2-c2c1cc1c3c(cccc23)-c2c-1c(-c1ccccc1)c1ccccc1c2-c1ccccc1. The first kappa shape index (κ1) is 33.5. The van der Waals surface area contributed by atoms with Gasteiger partial charge in [0.2, 0.25) is 0 Å². The Balaban J connectivity index is 1.04. The highest BCUT2D eigenvalue weighted by molar-refractivity contribution is 6.29. The molecule has 280 valence electrons. The summed E-state index contributed by atoms with van der Waals surface area (Å²) in [6.07, 6.45) is 0. The minimum absolute atomic E-state index is 0.219. The monoisotopic (exact) mass is 761 g/mol. The summed E-state index contributed by atoms with van der Waals surface area (Å²) in [6.45, 7) is 4.87. The van der Waals surface area contributed by atoms with Crippen LogP contribution in [0.15, 0.2) is 200 Å². The summed E-state index contributed by atoms with van der Waals surface area (Å²) in [5.41, 5.74) is 21.9. The average molecular weight is 762 g/mol. The van der Waals surface area contributed by atoms with Crippen LogP contribution in [0, 0.1) is 0 Å². The van der Waals surface area contributed by atoms with E-state index in [1.165, 1.54) is 127 Å². The maximum atomic E-state index is 2.58. The highest BCUT2D eigenvalue weighted by Gasteiger charge is 2.40. The molecule has 1 nitrogen and oxygen atoms in total. The minimum Gasteiger partial charge on any atom is -0.309 e. The molecule has 0 unspecified atom stereocenters. The number of hydrogen-bond donors (Lipinski definition) is 0. The van der Waals surface area contributed by atoms with E-state index < -0.39 is 0 Å². The molecule has 0 N–H and O–H groups in total. The summed E-state index contributed by atoms with van der Waals surface area (Å²) >= 11 is 0. The van der Waals surface area contributed by atoms with Gasteiger partial charge in [-0.3, -0.25) is 0 Å². The third kappa shape index (κ3) is 4.47. The number of aromatic nitrogens is 1.